The van der Waals surface area contributed by atoms with Crippen molar-refractivity contribution in [1.82, 2.24) is 21.3 Å². The van der Waals surface area contributed by atoms with Crippen molar-refractivity contribution < 1.29 is 38.2 Å². The first kappa shape index (κ1) is 38.6. The summed E-state index contributed by atoms with van der Waals surface area (Å²) in [7, 11) is 0. The van der Waals surface area contributed by atoms with Gasteiger partial charge in [-0.15, -0.1) is 0 Å². The lowest BCUT2D eigenvalue weighted by Crippen LogP contribution is -2.54. The van der Waals surface area contributed by atoms with Gasteiger partial charge in [-0.1, -0.05) is 103 Å². The molecule has 0 radical (unpaired) electrons. The van der Waals surface area contributed by atoms with Gasteiger partial charge in [-0.05, 0) is 48.2 Å². The highest BCUT2D eigenvalue weighted by Crippen LogP contribution is 2.16. The van der Waals surface area contributed by atoms with E-state index >= 15 is 0 Å². The molecular weight excluding hydrogens is 664 g/mol. The molecule has 0 aliphatic heterocycles. The Labute approximate surface area is 303 Å². The quantitative estimate of drug-likeness (QED) is 0.113. The van der Waals surface area contributed by atoms with Crippen LogP contribution in [0.15, 0.2) is 115 Å². The molecule has 3 atom stereocenters. The van der Waals surface area contributed by atoms with Crippen molar-refractivity contribution in [3.8, 4) is 5.75 Å². The maximum Gasteiger partial charge on any atom is 0.408 e. The summed E-state index contributed by atoms with van der Waals surface area (Å²) in [6.45, 7) is 3.20. The fourth-order valence-corrected chi connectivity index (χ4v) is 5.05. The predicted molar refractivity (Wildman–Crippen MR) is 194 cm³/mol. The standard InChI is InChI=1S/C40H44N4O8/c1-3-50-39(48)35(24-29-13-7-4-8-14-29)43-36(45)25-41-37(46)28(2)42-38(47)34(44-40(49)52-27-32-17-11-6-12-18-32)23-30-19-21-33(22-20-30)51-26-31-15-9-5-10-16-31/h4-22,28,34-35H,3,23-27H2,1-2H3,(H,41,46)(H,42,47)(H,43,45)(H,44,49)/t28-,34+,35+/m1/s1. The normalized spacial score (nSPS) is 12.3. The zero-order valence-electron chi connectivity index (χ0n) is 29.2. The minimum Gasteiger partial charge on any atom is -0.489 e. The predicted octanol–water partition coefficient (Wildman–Crippen LogP) is 4.01. The molecule has 0 aliphatic rings. The van der Waals surface area contributed by atoms with Gasteiger partial charge in [0.25, 0.3) is 0 Å². The molecule has 12 nitrogen and oxygen atoms in total. The minimum atomic E-state index is -1.11. The molecule has 4 rings (SSSR count). The van der Waals surface area contributed by atoms with E-state index in [1.54, 1.807) is 43.3 Å². The second kappa shape index (κ2) is 20.5. The lowest BCUT2D eigenvalue weighted by molar-refractivity contribution is -0.147. The van der Waals surface area contributed by atoms with E-state index in [-0.39, 0.29) is 26.1 Å². The SMILES string of the molecule is CCOC(=O)[C@H](Cc1ccccc1)NC(=O)CNC(=O)[C@@H](C)NC(=O)[C@H](Cc1ccc(OCc2ccccc2)cc1)NC(=O)OCc1ccccc1. The number of amides is 4. The van der Waals surface area contributed by atoms with Gasteiger partial charge in [0.15, 0.2) is 0 Å². The fraction of sp³-hybridized carbons (Fsp3) is 0.275. The van der Waals surface area contributed by atoms with Crippen LogP contribution in [0, 0.1) is 0 Å². The van der Waals surface area contributed by atoms with E-state index < -0.39 is 54.5 Å². The van der Waals surface area contributed by atoms with E-state index in [0.717, 1.165) is 22.3 Å². The summed E-state index contributed by atoms with van der Waals surface area (Å²) in [5.74, 6) is -1.87. The number of hydrogen-bond donors (Lipinski definition) is 4. The topological polar surface area (TPSA) is 161 Å². The van der Waals surface area contributed by atoms with Gasteiger partial charge in [-0.25, -0.2) is 9.59 Å². The van der Waals surface area contributed by atoms with Crippen LogP contribution in [0.3, 0.4) is 0 Å². The fourth-order valence-electron chi connectivity index (χ4n) is 5.05. The first-order valence-electron chi connectivity index (χ1n) is 17.0. The molecule has 0 saturated carbocycles. The number of hydrogen-bond acceptors (Lipinski definition) is 8. The summed E-state index contributed by atoms with van der Waals surface area (Å²) in [6.07, 6.45) is -0.525. The Morgan fingerprint density at radius 1 is 0.577 bits per heavy atom. The number of alkyl carbamates (subject to hydrolysis) is 1. The van der Waals surface area contributed by atoms with Crippen molar-refractivity contribution in [3.63, 3.8) is 0 Å². The second-order valence-corrected chi connectivity index (χ2v) is 11.9. The van der Waals surface area contributed by atoms with Gasteiger partial charge in [-0.2, -0.15) is 0 Å². The smallest absolute Gasteiger partial charge is 0.408 e. The molecule has 0 fully saturated rings. The van der Waals surface area contributed by atoms with Crippen LogP contribution < -0.4 is 26.0 Å². The lowest BCUT2D eigenvalue weighted by Gasteiger charge is -2.22. The molecule has 52 heavy (non-hydrogen) atoms. The summed E-state index contributed by atoms with van der Waals surface area (Å²) in [6, 6.07) is 31.9. The van der Waals surface area contributed by atoms with Gasteiger partial charge in [0.2, 0.25) is 17.7 Å². The number of ether oxygens (including phenoxy) is 3. The molecule has 0 bridgehead atoms. The first-order chi connectivity index (χ1) is 25.2. The molecule has 4 aromatic rings. The van der Waals surface area contributed by atoms with E-state index in [1.165, 1.54) is 6.92 Å². The van der Waals surface area contributed by atoms with E-state index in [1.807, 2.05) is 78.9 Å². The molecule has 12 heteroatoms. The van der Waals surface area contributed by atoms with E-state index in [2.05, 4.69) is 21.3 Å². The average Bonchev–Trinajstić information content (AvgIpc) is 3.16. The van der Waals surface area contributed by atoms with Gasteiger partial charge >= 0.3 is 12.1 Å². The molecule has 0 aromatic heterocycles. The third kappa shape index (κ3) is 13.3. The van der Waals surface area contributed by atoms with Crippen LogP contribution in [0.5, 0.6) is 5.75 Å². The highest BCUT2D eigenvalue weighted by atomic mass is 16.5. The molecular formula is C40H44N4O8. The molecule has 4 amide bonds. The monoisotopic (exact) mass is 708 g/mol. The van der Waals surface area contributed by atoms with Gasteiger partial charge < -0.3 is 35.5 Å². The van der Waals surface area contributed by atoms with Crippen LogP contribution in [-0.4, -0.2) is 61.1 Å². The highest BCUT2D eigenvalue weighted by molar-refractivity contribution is 5.93. The number of esters is 1. The lowest BCUT2D eigenvalue weighted by atomic mass is 10.0. The molecule has 0 saturated heterocycles. The number of nitrogens with one attached hydrogen (secondary N) is 4. The zero-order chi connectivity index (χ0) is 37.1. The number of carbonyl (C=O) groups excluding carboxylic acids is 5. The summed E-state index contributed by atoms with van der Waals surface area (Å²) in [5.41, 5.74) is 3.33. The van der Waals surface area contributed by atoms with E-state index in [4.69, 9.17) is 14.2 Å². The first-order valence-corrected chi connectivity index (χ1v) is 17.0. The van der Waals surface area contributed by atoms with Crippen molar-refractivity contribution in [3.05, 3.63) is 138 Å². The number of rotatable bonds is 18. The highest BCUT2D eigenvalue weighted by Gasteiger charge is 2.27. The summed E-state index contributed by atoms with van der Waals surface area (Å²) in [5, 5.41) is 10.3. The Balaban J connectivity index is 1.34. The largest absolute Gasteiger partial charge is 0.489 e. The molecule has 0 aliphatic carbocycles. The summed E-state index contributed by atoms with van der Waals surface area (Å²) in [4.78, 5) is 64.5. The molecule has 0 heterocycles. The summed E-state index contributed by atoms with van der Waals surface area (Å²) < 4.78 is 16.3. The van der Waals surface area contributed by atoms with Gasteiger partial charge in [0.1, 0.15) is 37.1 Å². The zero-order valence-corrected chi connectivity index (χ0v) is 29.2. The Morgan fingerprint density at radius 2 is 1.12 bits per heavy atom. The minimum absolute atomic E-state index is 0.00227. The van der Waals surface area contributed by atoms with Crippen molar-refractivity contribution in [2.75, 3.05) is 13.2 Å². The van der Waals surface area contributed by atoms with Crippen LogP contribution in [0.1, 0.15) is 36.1 Å². The Bertz CT molecular complexity index is 1740. The molecule has 4 N–H and O–H groups in total. The maximum absolute atomic E-state index is 13.5. The number of carbonyl (C=O) groups is 5. The molecule has 272 valence electrons. The molecule has 0 unspecified atom stereocenters. The van der Waals surface area contributed by atoms with Gasteiger partial charge in [-0.3, -0.25) is 14.4 Å². The third-order valence-electron chi connectivity index (χ3n) is 7.80. The van der Waals surface area contributed by atoms with Crippen LogP contribution in [-0.2, 0) is 54.7 Å². The van der Waals surface area contributed by atoms with Crippen molar-refractivity contribution in [1.29, 1.82) is 0 Å². The van der Waals surface area contributed by atoms with Crippen molar-refractivity contribution in [2.24, 2.45) is 0 Å². The Morgan fingerprint density at radius 3 is 1.71 bits per heavy atom. The number of benzene rings is 4. The third-order valence-corrected chi connectivity index (χ3v) is 7.80. The Kier molecular flexibility index (Phi) is 15.2. The van der Waals surface area contributed by atoms with E-state index in [0.29, 0.717) is 12.4 Å². The molecule has 4 aromatic carbocycles. The van der Waals surface area contributed by atoms with Crippen LogP contribution in [0.25, 0.3) is 0 Å². The van der Waals surface area contributed by atoms with Gasteiger partial charge in [0.05, 0.1) is 13.2 Å². The Hall–Kier alpha value is -6.17. The van der Waals surface area contributed by atoms with Crippen LogP contribution >= 0.6 is 0 Å². The summed E-state index contributed by atoms with van der Waals surface area (Å²) >= 11 is 0. The molecule has 0 spiro atoms. The van der Waals surface area contributed by atoms with Crippen LogP contribution in [0.2, 0.25) is 0 Å². The van der Waals surface area contributed by atoms with Crippen molar-refractivity contribution in [2.45, 2.75) is 58.0 Å². The maximum atomic E-state index is 13.5. The van der Waals surface area contributed by atoms with E-state index in [9.17, 15) is 24.0 Å². The second-order valence-electron chi connectivity index (χ2n) is 11.9. The average molecular weight is 709 g/mol. The van der Waals surface area contributed by atoms with Crippen molar-refractivity contribution >= 4 is 29.8 Å². The van der Waals surface area contributed by atoms with Gasteiger partial charge in [0, 0.05) is 12.8 Å². The van der Waals surface area contributed by atoms with Crippen LogP contribution in [0.4, 0.5) is 4.79 Å².